The lowest BCUT2D eigenvalue weighted by molar-refractivity contribution is 0.303. The molecule has 0 heterocycles. The normalized spacial score (nSPS) is 11.0. The molecule has 0 spiro atoms. The summed E-state index contributed by atoms with van der Waals surface area (Å²) in [6.45, 7) is 1.96. The number of nitrogens with zero attached hydrogens (tertiary/aromatic N) is 2. The minimum absolute atomic E-state index is 0.264. The highest BCUT2D eigenvalue weighted by Crippen LogP contribution is 2.23. The summed E-state index contributed by atoms with van der Waals surface area (Å²) in [4.78, 5) is 0. The van der Waals surface area contributed by atoms with Crippen molar-refractivity contribution in [3.05, 3.63) is 64.2 Å². The summed E-state index contributed by atoms with van der Waals surface area (Å²) >= 11 is 6.11. The molecule has 0 aliphatic carbocycles. The number of hydrogen-bond donors (Lipinski definition) is 1. The van der Waals surface area contributed by atoms with E-state index in [9.17, 15) is 0 Å². The molecule has 0 aliphatic rings. The van der Waals surface area contributed by atoms with E-state index in [-0.39, 0.29) is 6.61 Å². The minimum atomic E-state index is 0.264. The Morgan fingerprint density at radius 3 is 2.76 bits per heavy atom. The van der Waals surface area contributed by atoms with Crippen LogP contribution in [-0.4, -0.2) is 10.9 Å². The fourth-order valence-electron chi connectivity index (χ4n) is 1.83. The summed E-state index contributed by atoms with van der Waals surface area (Å²) in [5.41, 5.74) is 2.47. The van der Waals surface area contributed by atoms with Crippen LogP contribution in [0.2, 0.25) is 5.02 Å². The summed E-state index contributed by atoms with van der Waals surface area (Å²) in [5.74, 6) is 0.605. The number of para-hydroxylation sites is 1. The van der Waals surface area contributed by atoms with Crippen LogP contribution in [0.25, 0.3) is 0 Å². The monoisotopic (exact) mass is 300 g/mol. The van der Waals surface area contributed by atoms with Crippen LogP contribution in [0.1, 0.15) is 23.6 Å². The third-order valence-electron chi connectivity index (χ3n) is 2.99. The molecule has 106 valence electrons. The molecule has 0 atom stereocenters. The highest BCUT2D eigenvalue weighted by Gasteiger charge is 2.08. The van der Waals surface area contributed by atoms with E-state index in [1.54, 1.807) is 31.2 Å². The molecule has 0 fully saturated rings. The van der Waals surface area contributed by atoms with Crippen molar-refractivity contribution >= 4 is 17.3 Å². The summed E-state index contributed by atoms with van der Waals surface area (Å²) in [6, 6.07) is 14.4. The summed E-state index contributed by atoms with van der Waals surface area (Å²) in [7, 11) is 0. The van der Waals surface area contributed by atoms with E-state index < -0.39 is 0 Å². The van der Waals surface area contributed by atoms with Crippen LogP contribution >= 0.6 is 11.6 Å². The average Bonchev–Trinajstić information content (AvgIpc) is 2.53. The number of benzene rings is 2. The molecule has 0 saturated heterocycles. The molecule has 2 aromatic rings. The van der Waals surface area contributed by atoms with Crippen LogP contribution in [0.5, 0.6) is 5.75 Å². The second-order valence-corrected chi connectivity index (χ2v) is 4.80. The Kier molecular flexibility index (Phi) is 4.81. The Bertz CT molecular complexity index is 720. The molecule has 5 heteroatoms. The van der Waals surface area contributed by atoms with Gasteiger partial charge in [0.05, 0.1) is 17.3 Å². The van der Waals surface area contributed by atoms with Crippen molar-refractivity contribution in [2.45, 2.75) is 13.5 Å². The first-order valence-electron chi connectivity index (χ1n) is 6.25. The average molecular weight is 301 g/mol. The first-order valence-corrected chi connectivity index (χ1v) is 6.63. The highest BCUT2D eigenvalue weighted by molar-refractivity contribution is 6.31. The van der Waals surface area contributed by atoms with Crippen LogP contribution in [0, 0.1) is 11.3 Å². The zero-order chi connectivity index (χ0) is 15.2. The maximum atomic E-state index is 8.88. The van der Waals surface area contributed by atoms with Crippen molar-refractivity contribution in [2.24, 2.45) is 5.16 Å². The quantitative estimate of drug-likeness (QED) is 0.527. The van der Waals surface area contributed by atoms with Crippen LogP contribution < -0.4 is 4.74 Å². The Labute approximate surface area is 127 Å². The number of nitriles is 1. The standard InChI is InChI=1S/C16H13ClN2O2/c1-11(19-20)14-4-2-3-5-16(14)21-10-13-7-6-12(9-18)8-15(13)17/h2-8,20H,10H2,1H3/b19-11-. The van der Waals surface area contributed by atoms with Crippen molar-refractivity contribution in [3.8, 4) is 11.8 Å². The number of rotatable bonds is 4. The van der Waals surface area contributed by atoms with E-state index >= 15 is 0 Å². The zero-order valence-corrected chi connectivity index (χ0v) is 12.1. The van der Waals surface area contributed by atoms with Gasteiger partial charge in [0.2, 0.25) is 0 Å². The molecule has 21 heavy (non-hydrogen) atoms. The van der Waals surface area contributed by atoms with Crippen molar-refractivity contribution < 1.29 is 9.94 Å². The van der Waals surface area contributed by atoms with Crippen molar-refractivity contribution in [2.75, 3.05) is 0 Å². The van der Waals surface area contributed by atoms with Gasteiger partial charge in [-0.05, 0) is 31.2 Å². The molecule has 2 aromatic carbocycles. The summed E-state index contributed by atoms with van der Waals surface area (Å²) < 4.78 is 5.74. The van der Waals surface area contributed by atoms with Gasteiger partial charge in [0.15, 0.2) is 0 Å². The summed E-state index contributed by atoms with van der Waals surface area (Å²) in [6.07, 6.45) is 0. The number of hydrogen-bond acceptors (Lipinski definition) is 4. The smallest absolute Gasteiger partial charge is 0.128 e. The van der Waals surface area contributed by atoms with E-state index in [4.69, 9.17) is 26.8 Å². The maximum Gasteiger partial charge on any atom is 0.128 e. The van der Waals surface area contributed by atoms with Crippen molar-refractivity contribution in [3.63, 3.8) is 0 Å². The molecule has 0 radical (unpaired) electrons. The van der Waals surface area contributed by atoms with Gasteiger partial charge in [-0.2, -0.15) is 5.26 Å². The van der Waals surface area contributed by atoms with Gasteiger partial charge in [0, 0.05) is 16.1 Å². The van der Waals surface area contributed by atoms with Crippen molar-refractivity contribution in [1.29, 1.82) is 5.26 Å². The van der Waals surface area contributed by atoms with E-state index in [1.165, 1.54) is 0 Å². The van der Waals surface area contributed by atoms with Gasteiger partial charge >= 0.3 is 0 Å². The first-order chi connectivity index (χ1) is 10.2. The molecule has 0 aromatic heterocycles. The minimum Gasteiger partial charge on any atom is -0.488 e. The highest BCUT2D eigenvalue weighted by atomic mass is 35.5. The molecule has 0 aliphatic heterocycles. The second kappa shape index (κ2) is 6.78. The Morgan fingerprint density at radius 1 is 1.33 bits per heavy atom. The molecule has 1 N–H and O–H groups in total. The van der Waals surface area contributed by atoms with Crippen LogP contribution in [0.15, 0.2) is 47.6 Å². The third-order valence-corrected chi connectivity index (χ3v) is 3.34. The van der Waals surface area contributed by atoms with Gasteiger partial charge in [-0.1, -0.05) is 35.0 Å². The number of halogens is 1. The Balaban J connectivity index is 2.20. The molecular formula is C16H13ClN2O2. The summed E-state index contributed by atoms with van der Waals surface area (Å²) in [5, 5.41) is 21.4. The van der Waals surface area contributed by atoms with Gasteiger partial charge in [0.1, 0.15) is 12.4 Å². The number of oxime groups is 1. The Hall–Kier alpha value is -2.51. The van der Waals surface area contributed by atoms with E-state index in [0.717, 1.165) is 5.56 Å². The van der Waals surface area contributed by atoms with Crippen LogP contribution in [0.4, 0.5) is 0 Å². The van der Waals surface area contributed by atoms with E-state index in [1.807, 2.05) is 24.3 Å². The molecule has 0 amide bonds. The molecule has 0 unspecified atom stereocenters. The first kappa shape index (κ1) is 14.9. The largest absolute Gasteiger partial charge is 0.488 e. The fraction of sp³-hybridized carbons (Fsp3) is 0.125. The lowest BCUT2D eigenvalue weighted by Gasteiger charge is -2.11. The van der Waals surface area contributed by atoms with Gasteiger partial charge in [-0.15, -0.1) is 0 Å². The SMILES string of the molecule is C/C(=N/O)c1ccccc1OCc1ccc(C#N)cc1Cl. The Morgan fingerprint density at radius 2 is 2.10 bits per heavy atom. The zero-order valence-electron chi connectivity index (χ0n) is 11.4. The van der Waals surface area contributed by atoms with Gasteiger partial charge in [0.25, 0.3) is 0 Å². The molecular weight excluding hydrogens is 288 g/mol. The fourth-order valence-corrected chi connectivity index (χ4v) is 2.07. The van der Waals surface area contributed by atoms with Gasteiger partial charge < -0.3 is 9.94 Å². The maximum absolute atomic E-state index is 8.88. The molecule has 0 saturated carbocycles. The third kappa shape index (κ3) is 3.53. The lowest BCUT2D eigenvalue weighted by Crippen LogP contribution is -2.02. The van der Waals surface area contributed by atoms with E-state index in [0.29, 0.717) is 27.6 Å². The molecule has 2 rings (SSSR count). The van der Waals surface area contributed by atoms with Crippen LogP contribution in [-0.2, 0) is 6.61 Å². The molecule has 4 nitrogen and oxygen atoms in total. The van der Waals surface area contributed by atoms with Gasteiger partial charge in [-0.25, -0.2) is 0 Å². The predicted octanol–water partition coefficient (Wildman–Crippen LogP) is 3.99. The van der Waals surface area contributed by atoms with E-state index in [2.05, 4.69) is 5.16 Å². The second-order valence-electron chi connectivity index (χ2n) is 4.39. The topological polar surface area (TPSA) is 65.6 Å². The van der Waals surface area contributed by atoms with Crippen LogP contribution in [0.3, 0.4) is 0 Å². The van der Waals surface area contributed by atoms with Crippen molar-refractivity contribution in [1.82, 2.24) is 0 Å². The lowest BCUT2D eigenvalue weighted by atomic mass is 10.1. The van der Waals surface area contributed by atoms with Gasteiger partial charge in [-0.3, -0.25) is 0 Å². The number of ether oxygens (including phenoxy) is 1. The molecule has 0 bridgehead atoms. The predicted molar refractivity (Wildman–Crippen MR) is 80.9 cm³/mol.